The predicted octanol–water partition coefficient (Wildman–Crippen LogP) is 2.49. The van der Waals surface area contributed by atoms with Crippen LogP contribution in [0.25, 0.3) is 0 Å². The molecular weight excluding hydrogens is 288 g/mol. The van der Waals surface area contributed by atoms with E-state index in [-0.39, 0.29) is 5.91 Å². The van der Waals surface area contributed by atoms with Gasteiger partial charge in [0.1, 0.15) is 5.82 Å². The molecule has 0 saturated carbocycles. The SMILES string of the molecule is CCc1nc(C)c(CC(=O)N2CCc3ncc(C)cc32)c(C)n1. The Kier molecular flexibility index (Phi) is 4.11. The van der Waals surface area contributed by atoms with Crippen LogP contribution in [-0.2, 0) is 24.1 Å². The first-order chi connectivity index (χ1) is 11.0. The van der Waals surface area contributed by atoms with Gasteiger partial charge in [0.15, 0.2) is 0 Å². The number of aromatic nitrogens is 3. The van der Waals surface area contributed by atoms with Crippen LogP contribution in [0.1, 0.15) is 41.0 Å². The number of anilines is 1. The Hall–Kier alpha value is -2.30. The highest BCUT2D eigenvalue weighted by atomic mass is 16.2. The Bertz CT molecular complexity index is 747. The van der Waals surface area contributed by atoms with E-state index in [2.05, 4.69) is 15.0 Å². The van der Waals surface area contributed by atoms with Gasteiger partial charge in [-0.15, -0.1) is 0 Å². The molecule has 0 bridgehead atoms. The minimum absolute atomic E-state index is 0.0928. The summed E-state index contributed by atoms with van der Waals surface area (Å²) in [6, 6.07) is 2.05. The summed E-state index contributed by atoms with van der Waals surface area (Å²) in [4.78, 5) is 28.1. The molecule has 0 N–H and O–H groups in total. The number of aryl methyl sites for hydroxylation is 4. The summed E-state index contributed by atoms with van der Waals surface area (Å²) >= 11 is 0. The van der Waals surface area contributed by atoms with E-state index in [1.54, 1.807) is 0 Å². The van der Waals surface area contributed by atoms with Gasteiger partial charge in [-0.3, -0.25) is 9.78 Å². The fraction of sp³-hybridized carbons (Fsp3) is 0.444. The average molecular weight is 310 g/mol. The van der Waals surface area contributed by atoms with Crippen molar-refractivity contribution in [1.29, 1.82) is 0 Å². The van der Waals surface area contributed by atoms with Crippen molar-refractivity contribution in [2.75, 3.05) is 11.4 Å². The van der Waals surface area contributed by atoms with E-state index in [9.17, 15) is 4.79 Å². The molecule has 120 valence electrons. The number of nitrogens with zero attached hydrogens (tertiary/aromatic N) is 4. The van der Waals surface area contributed by atoms with Crippen LogP contribution in [-0.4, -0.2) is 27.4 Å². The van der Waals surface area contributed by atoms with Gasteiger partial charge in [0.25, 0.3) is 0 Å². The van der Waals surface area contributed by atoms with Crippen molar-refractivity contribution in [3.05, 3.63) is 46.3 Å². The molecule has 3 rings (SSSR count). The molecule has 1 aliphatic heterocycles. The maximum Gasteiger partial charge on any atom is 0.231 e. The Morgan fingerprint density at radius 2 is 1.91 bits per heavy atom. The maximum atomic E-state index is 12.8. The van der Waals surface area contributed by atoms with E-state index in [1.807, 2.05) is 44.9 Å². The molecule has 0 spiro atoms. The van der Waals surface area contributed by atoms with Crippen molar-refractivity contribution in [3.8, 4) is 0 Å². The summed E-state index contributed by atoms with van der Waals surface area (Å²) in [7, 11) is 0. The Morgan fingerprint density at radius 3 is 2.57 bits per heavy atom. The van der Waals surface area contributed by atoms with Crippen molar-refractivity contribution in [1.82, 2.24) is 15.0 Å². The smallest absolute Gasteiger partial charge is 0.231 e. The quantitative estimate of drug-likeness (QED) is 0.874. The fourth-order valence-corrected chi connectivity index (χ4v) is 3.08. The van der Waals surface area contributed by atoms with Crippen LogP contribution in [0.5, 0.6) is 0 Å². The normalized spacial score (nSPS) is 13.3. The van der Waals surface area contributed by atoms with E-state index < -0.39 is 0 Å². The molecule has 1 amide bonds. The van der Waals surface area contributed by atoms with E-state index in [1.165, 1.54) is 0 Å². The molecule has 0 atom stereocenters. The summed E-state index contributed by atoms with van der Waals surface area (Å²) in [6.45, 7) is 8.66. The second-order valence-corrected chi connectivity index (χ2v) is 6.09. The molecule has 2 aromatic heterocycles. The highest BCUT2D eigenvalue weighted by Gasteiger charge is 2.26. The van der Waals surface area contributed by atoms with E-state index in [0.717, 1.165) is 52.6 Å². The second kappa shape index (κ2) is 6.07. The van der Waals surface area contributed by atoms with Gasteiger partial charge in [0.2, 0.25) is 5.91 Å². The molecular formula is C18H22N4O. The zero-order chi connectivity index (χ0) is 16.6. The summed E-state index contributed by atoms with van der Waals surface area (Å²) in [5.74, 6) is 0.928. The third-order valence-electron chi connectivity index (χ3n) is 4.36. The summed E-state index contributed by atoms with van der Waals surface area (Å²) in [5, 5.41) is 0. The molecule has 1 aliphatic rings. The monoisotopic (exact) mass is 310 g/mol. The number of rotatable bonds is 3. The van der Waals surface area contributed by atoms with Gasteiger partial charge in [-0.05, 0) is 32.4 Å². The Morgan fingerprint density at radius 1 is 1.22 bits per heavy atom. The highest BCUT2D eigenvalue weighted by Crippen LogP contribution is 2.28. The first-order valence-electron chi connectivity index (χ1n) is 8.08. The lowest BCUT2D eigenvalue weighted by Gasteiger charge is -2.18. The minimum Gasteiger partial charge on any atom is -0.310 e. The zero-order valence-electron chi connectivity index (χ0n) is 14.2. The van der Waals surface area contributed by atoms with Gasteiger partial charge in [-0.1, -0.05) is 6.92 Å². The van der Waals surface area contributed by atoms with Crippen molar-refractivity contribution >= 4 is 11.6 Å². The van der Waals surface area contributed by atoms with Crippen LogP contribution in [0.4, 0.5) is 5.69 Å². The van der Waals surface area contributed by atoms with Gasteiger partial charge >= 0.3 is 0 Å². The third kappa shape index (κ3) is 2.96. The summed E-state index contributed by atoms with van der Waals surface area (Å²) in [6.07, 6.45) is 3.83. The molecule has 0 aliphatic carbocycles. The molecule has 5 heteroatoms. The lowest BCUT2D eigenvalue weighted by atomic mass is 10.1. The standard InChI is InChI=1S/C18H22N4O/c1-5-17-20-12(3)14(13(4)21-17)9-18(23)22-7-6-15-16(22)8-11(2)10-19-15/h8,10H,5-7,9H2,1-4H3. The molecule has 0 radical (unpaired) electrons. The molecule has 0 aromatic carbocycles. The highest BCUT2D eigenvalue weighted by molar-refractivity contribution is 5.96. The number of carbonyl (C=O) groups is 1. The molecule has 2 aromatic rings. The summed E-state index contributed by atoms with van der Waals surface area (Å²) < 4.78 is 0. The van der Waals surface area contributed by atoms with Gasteiger partial charge in [-0.25, -0.2) is 9.97 Å². The van der Waals surface area contributed by atoms with Crippen LogP contribution in [0.15, 0.2) is 12.3 Å². The van der Waals surface area contributed by atoms with Gasteiger partial charge in [0.05, 0.1) is 17.8 Å². The first-order valence-corrected chi connectivity index (χ1v) is 8.08. The Balaban J connectivity index is 1.86. The summed E-state index contributed by atoms with van der Waals surface area (Å²) in [5.41, 5.74) is 5.80. The fourth-order valence-electron chi connectivity index (χ4n) is 3.08. The van der Waals surface area contributed by atoms with Crippen molar-refractivity contribution in [2.24, 2.45) is 0 Å². The van der Waals surface area contributed by atoms with E-state index >= 15 is 0 Å². The lowest BCUT2D eigenvalue weighted by Crippen LogP contribution is -2.31. The van der Waals surface area contributed by atoms with Gasteiger partial charge in [-0.2, -0.15) is 0 Å². The molecule has 3 heterocycles. The molecule has 23 heavy (non-hydrogen) atoms. The van der Waals surface area contributed by atoms with Gasteiger partial charge < -0.3 is 4.90 Å². The van der Waals surface area contributed by atoms with Crippen molar-refractivity contribution in [2.45, 2.75) is 47.0 Å². The number of hydrogen-bond acceptors (Lipinski definition) is 4. The Labute approximate surface area is 136 Å². The number of carbonyl (C=O) groups excluding carboxylic acids is 1. The molecule has 0 fully saturated rings. The largest absolute Gasteiger partial charge is 0.310 e. The lowest BCUT2D eigenvalue weighted by molar-refractivity contribution is -0.117. The van der Waals surface area contributed by atoms with Crippen LogP contribution in [0, 0.1) is 20.8 Å². The van der Waals surface area contributed by atoms with Crippen LogP contribution in [0.2, 0.25) is 0 Å². The van der Waals surface area contributed by atoms with Crippen LogP contribution < -0.4 is 4.90 Å². The molecule has 5 nitrogen and oxygen atoms in total. The number of amides is 1. The molecule has 0 unspecified atom stereocenters. The maximum absolute atomic E-state index is 12.8. The van der Waals surface area contributed by atoms with Crippen LogP contribution >= 0.6 is 0 Å². The molecule has 0 saturated heterocycles. The van der Waals surface area contributed by atoms with Crippen molar-refractivity contribution in [3.63, 3.8) is 0 Å². The predicted molar refractivity (Wildman–Crippen MR) is 89.6 cm³/mol. The second-order valence-electron chi connectivity index (χ2n) is 6.09. The topological polar surface area (TPSA) is 59.0 Å². The minimum atomic E-state index is 0.0928. The average Bonchev–Trinajstić information content (AvgIpc) is 2.93. The van der Waals surface area contributed by atoms with E-state index in [0.29, 0.717) is 13.0 Å². The first kappa shape index (κ1) is 15.6. The van der Waals surface area contributed by atoms with Gasteiger partial charge in [0, 0.05) is 42.5 Å². The van der Waals surface area contributed by atoms with Crippen LogP contribution in [0.3, 0.4) is 0 Å². The third-order valence-corrected chi connectivity index (χ3v) is 4.36. The van der Waals surface area contributed by atoms with E-state index in [4.69, 9.17) is 0 Å². The zero-order valence-corrected chi connectivity index (χ0v) is 14.2. The van der Waals surface area contributed by atoms with Crippen molar-refractivity contribution < 1.29 is 4.79 Å². The number of pyridine rings is 1. The number of hydrogen-bond donors (Lipinski definition) is 0. The number of fused-ring (bicyclic) bond motifs is 1.